The van der Waals surface area contributed by atoms with E-state index in [0.717, 1.165) is 65.0 Å². The molecular formula is C28H29N3O2S2. The number of rotatable bonds is 7. The number of nitrogens with zero attached hydrogens (tertiary/aromatic N) is 3. The standard InChI is InChI=1S/C28H29N3O2S2/c1-19-8-6-7-11-24(19)34-17-14-25(32)31-15-12-22(13-16-31)28-29-23(18-35-28)26-20(2)33-30-27(26)21-9-4-3-5-10-21/h3-11,18,22H,12-17H2,1-2H3. The quantitative estimate of drug-likeness (QED) is 0.255. The van der Waals surface area contributed by atoms with Crippen LogP contribution in [0.5, 0.6) is 0 Å². The minimum Gasteiger partial charge on any atom is -0.360 e. The van der Waals surface area contributed by atoms with Crippen molar-refractivity contribution >= 4 is 29.0 Å². The van der Waals surface area contributed by atoms with Gasteiger partial charge >= 0.3 is 0 Å². The summed E-state index contributed by atoms with van der Waals surface area (Å²) < 4.78 is 5.54. The Morgan fingerprint density at radius 1 is 1.09 bits per heavy atom. The highest BCUT2D eigenvalue weighted by molar-refractivity contribution is 7.99. The number of aromatic nitrogens is 2. The number of likely N-dealkylation sites (tertiary alicyclic amines) is 1. The lowest BCUT2D eigenvalue weighted by atomic mass is 9.97. The summed E-state index contributed by atoms with van der Waals surface area (Å²) in [4.78, 5) is 21.1. The second-order valence-electron chi connectivity index (χ2n) is 8.92. The highest BCUT2D eigenvalue weighted by Gasteiger charge is 2.27. The molecule has 1 aliphatic heterocycles. The molecule has 0 aliphatic carbocycles. The summed E-state index contributed by atoms with van der Waals surface area (Å²) in [7, 11) is 0. The molecule has 2 aromatic carbocycles. The van der Waals surface area contributed by atoms with Crippen molar-refractivity contribution < 1.29 is 9.32 Å². The maximum absolute atomic E-state index is 12.8. The van der Waals surface area contributed by atoms with E-state index >= 15 is 0 Å². The molecule has 7 heteroatoms. The van der Waals surface area contributed by atoms with Crippen LogP contribution in [0.1, 0.15) is 41.5 Å². The van der Waals surface area contributed by atoms with Gasteiger partial charge in [0.15, 0.2) is 0 Å². The van der Waals surface area contributed by atoms with E-state index < -0.39 is 0 Å². The van der Waals surface area contributed by atoms with Crippen molar-refractivity contribution in [3.8, 4) is 22.5 Å². The number of hydrogen-bond donors (Lipinski definition) is 0. The van der Waals surface area contributed by atoms with Gasteiger partial charge in [0.1, 0.15) is 11.5 Å². The highest BCUT2D eigenvalue weighted by atomic mass is 32.2. The van der Waals surface area contributed by atoms with E-state index in [2.05, 4.69) is 41.7 Å². The van der Waals surface area contributed by atoms with Crippen LogP contribution in [0, 0.1) is 13.8 Å². The number of benzene rings is 2. The predicted molar refractivity (Wildman–Crippen MR) is 143 cm³/mol. The van der Waals surface area contributed by atoms with Crippen molar-refractivity contribution in [2.24, 2.45) is 0 Å². The molecule has 180 valence electrons. The Labute approximate surface area is 214 Å². The minimum absolute atomic E-state index is 0.261. The van der Waals surface area contributed by atoms with Crippen molar-refractivity contribution in [1.82, 2.24) is 15.0 Å². The molecule has 3 heterocycles. The third-order valence-corrected chi connectivity index (χ3v) is 8.74. The zero-order valence-electron chi connectivity index (χ0n) is 20.1. The van der Waals surface area contributed by atoms with Crippen molar-refractivity contribution in [3.63, 3.8) is 0 Å². The van der Waals surface area contributed by atoms with Gasteiger partial charge in [-0.05, 0) is 38.3 Å². The molecule has 0 unspecified atom stereocenters. The van der Waals surface area contributed by atoms with E-state index in [1.165, 1.54) is 10.5 Å². The Kier molecular flexibility index (Phi) is 7.35. The molecule has 1 saturated heterocycles. The predicted octanol–water partition coefficient (Wildman–Crippen LogP) is 6.97. The first-order valence-corrected chi connectivity index (χ1v) is 13.9. The molecule has 0 radical (unpaired) electrons. The van der Waals surface area contributed by atoms with Crippen molar-refractivity contribution in [1.29, 1.82) is 0 Å². The van der Waals surface area contributed by atoms with Crippen molar-refractivity contribution in [2.75, 3.05) is 18.8 Å². The van der Waals surface area contributed by atoms with Crippen molar-refractivity contribution in [3.05, 3.63) is 76.3 Å². The fraction of sp³-hybridized carbons (Fsp3) is 0.321. The minimum atomic E-state index is 0.261. The summed E-state index contributed by atoms with van der Waals surface area (Å²) in [5.41, 5.74) is 5.03. The fourth-order valence-electron chi connectivity index (χ4n) is 4.56. The van der Waals surface area contributed by atoms with Gasteiger partial charge in [-0.2, -0.15) is 0 Å². The molecule has 0 spiro atoms. The largest absolute Gasteiger partial charge is 0.360 e. The summed E-state index contributed by atoms with van der Waals surface area (Å²) in [5, 5.41) is 7.56. The Balaban J connectivity index is 1.18. The molecule has 0 N–H and O–H groups in total. The fourth-order valence-corrected chi connectivity index (χ4v) is 6.51. The first-order chi connectivity index (χ1) is 17.1. The summed E-state index contributed by atoms with van der Waals surface area (Å²) in [6, 6.07) is 18.4. The van der Waals surface area contributed by atoms with Crippen LogP contribution < -0.4 is 0 Å². The molecule has 2 aromatic heterocycles. The number of carbonyl (C=O) groups excluding carboxylic acids is 1. The summed E-state index contributed by atoms with van der Waals surface area (Å²) in [5.74, 6) is 2.25. The maximum Gasteiger partial charge on any atom is 0.223 e. The smallest absolute Gasteiger partial charge is 0.223 e. The molecular weight excluding hydrogens is 474 g/mol. The molecule has 0 atom stereocenters. The zero-order valence-corrected chi connectivity index (χ0v) is 21.7. The SMILES string of the molecule is Cc1ccccc1SCCC(=O)N1CCC(c2nc(-c3c(-c4ccccc4)noc3C)cs2)CC1. The Morgan fingerprint density at radius 2 is 1.83 bits per heavy atom. The van der Waals surface area contributed by atoms with Crippen LogP contribution in [0.2, 0.25) is 0 Å². The van der Waals surface area contributed by atoms with E-state index in [1.807, 2.05) is 42.2 Å². The summed E-state index contributed by atoms with van der Waals surface area (Å²) in [6.07, 6.45) is 2.50. The first-order valence-electron chi connectivity index (χ1n) is 12.0. The molecule has 5 nitrogen and oxygen atoms in total. The van der Waals surface area contributed by atoms with Gasteiger partial charge in [-0.3, -0.25) is 4.79 Å². The van der Waals surface area contributed by atoms with Crippen LogP contribution in [-0.2, 0) is 4.79 Å². The number of piperidine rings is 1. The van der Waals surface area contributed by atoms with Gasteiger partial charge in [0.05, 0.1) is 16.3 Å². The molecule has 1 aliphatic rings. The Bertz CT molecular complexity index is 1290. The van der Waals surface area contributed by atoms with Gasteiger partial charge in [0.2, 0.25) is 5.91 Å². The normalized spacial score (nSPS) is 14.4. The molecule has 5 rings (SSSR count). The molecule has 4 aromatic rings. The van der Waals surface area contributed by atoms with Gasteiger partial charge < -0.3 is 9.42 Å². The number of thioether (sulfide) groups is 1. The van der Waals surface area contributed by atoms with Crippen molar-refractivity contribution in [2.45, 2.75) is 43.9 Å². The number of carbonyl (C=O) groups is 1. The molecule has 0 bridgehead atoms. The van der Waals surface area contributed by atoms with Crippen LogP contribution in [0.15, 0.2) is 69.4 Å². The van der Waals surface area contributed by atoms with Crippen LogP contribution in [0.4, 0.5) is 0 Å². The van der Waals surface area contributed by atoms with Gasteiger partial charge in [0, 0.05) is 47.0 Å². The van der Waals surface area contributed by atoms with E-state index in [4.69, 9.17) is 9.51 Å². The topological polar surface area (TPSA) is 59.2 Å². The molecule has 35 heavy (non-hydrogen) atoms. The van der Waals surface area contributed by atoms with Crippen LogP contribution in [-0.4, -0.2) is 39.8 Å². The lowest BCUT2D eigenvalue weighted by molar-refractivity contribution is -0.131. The number of aryl methyl sites for hydroxylation is 2. The highest BCUT2D eigenvalue weighted by Crippen LogP contribution is 2.38. The van der Waals surface area contributed by atoms with Crippen LogP contribution in [0.3, 0.4) is 0 Å². The number of thiazole rings is 1. The van der Waals surface area contributed by atoms with E-state index in [0.29, 0.717) is 12.3 Å². The number of hydrogen-bond acceptors (Lipinski definition) is 6. The molecule has 1 fully saturated rings. The van der Waals surface area contributed by atoms with E-state index in [-0.39, 0.29) is 5.91 Å². The van der Waals surface area contributed by atoms with Gasteiger partial charge in [-0.25, -0.2) is 4.98 Å². The number of amides is 1. The molecule has 0 saturated carbocycles. The third kappa shape index (κ3) is 5.36. The van der Waals surface area contributed by atoms with Gasteiger partial charge in [-0.15, -0.1) is 23.1 Å². The molecule has 1 amide bonds. The third-order valence-electron chi connectivity index (χ3n) is 6.55. The van der Waals surface area contributed by atoms with Gasteiger partial charge in [-0.1, -0.05) is 53.7 Å². The Morgan fingerprint density at radius 3 is 2.60 bits per heavy atom. The lowest BCUT2D eigenvalue weighted by Crippen LogP contribution is -2.38. The van der Waals surface area contributed by atoms with E-state index in [1.54, 1.807) is 23.1 Å². The maximum atomic E-state index is 12.8. The van der Waals surface area contributed by atoms with Gasteiger partial charge in [0.25, 0.3) is 0 Å². The first kappa shape index (κ1) is 23.8. The average molecular weight is 504 g/mol. The average Bonchev–Trinajstić information content (AvgIpc) is 3.52. The summed E-state index contributed by atoms with van der Waals surface area (Å²) >= 11 is 3.47. The monoisotopic (exact) mass is 503 g/mol. The zero-order chi connectivity index (χ0) is 24.2. The van der Waals surface area contributed by atoms with E-state index in [9.17, 15) is 4.79 Å². The van der Waals surface area contributed by atoms with Crippen LogP contribution in [0.25, 0.3) is 22.5 Å². The lowest BCUT2D eigenvalue weighted by Gasteiger charge is -2.31. The summed E-state index contributed by atoms with van der Waals surface area (Å²) in [6.45, 7) is 5.66. The Hall–Kier alpha value is -2.90. The second-order valence-corrected chi connectivity index (χ2v) is 10.9. The second kappa shape index (κ2) is 10.8. The van der Waals surface area contributed by atoms with Crippen LogP contribution >= 0.6 is 23.1 Å².